The maximum absolute atomic E-state index is 12.2. The molecule has 0 saturated heterocycles. The van der Waals surface area contributed by atoms with Crippen molar-refractivity contribution in [3.05, 3.63) is 59.1 Å². The molecule has 0 saturated carbocycles. The number of nitrogens with zero attached hydrogens (tertiary/aromatic N) is 1. The average Bonchev–Trinajstić information content (AvgIpc) is 3.20. The first kappa shape index (κ1) is 24.2. The number of amides is 1. The lowest BCUT2D eigenvalue weighted by molar-refractivity contribution is -0.274. The summed E-state index contributed by atoms with van der Waals surface area (Å²) in [5, 5.41) is 8.11. The predicted molar refractivity (Wildman–Crippen MR) is 118 cm³/mol. The molecule has 176 valence electrons. The van der Waals surface area contributed by atoms with Gasteiger partial charge in [0.1, 0.15) is 5.75 Å². The molecule has 1 heterocycles. The number of anilines is 2. The van der Waals surface area contributed by atoms with Crippen LogP contribution in [0.2, 0.25) is 0 Å². The second kappa shape index (κ2) is 10.9. The standard InChI is InChI=1S/C22H22F3N3O4S/c1-30-18-8-3-14(11-19(18)31-2)9-10-26-20(29)12-16-13-33-21(28-16)27-15-4-6-17(7-5-15)32-22(23,24)25/h3-8,11,13H,9-10,12H2,1-2H3,(H,26,29)(H,27,28). The van der Waals surface area contributed by atoms with Crippen molar-refractivity contribution in [3.63, 3.8) is 0 Å². The molecule has 1 aromatic heterocycles. The molecule has 7 nitrogen and oxygen atoms in total. The van der Waals surface area contributed by atoms with Crippen LogP contribution in [0, 0.1) is 0 Å². The zero-order valence-electron chi connectivity index (χ0n) is 17.9. The molecule has 0 unspecified atom stereocenters. The molecule has 0 radical (unpaired) electrons. The Morgan fingerprint density at radius 3 is 2.45 bits per heavy atom. The van der Waals surface area contributed by atoms with E-state index < -0.39 is 6.36 Å². The van der Waals surface area contributed by atoms with E-state index in [2.05, 4.69) is 20.4 Å². The number of carbonyl (C=O) groups excluding carboxylic acids is 1. The first-order valence-electron chi connectivity index (χ1n) is 9.80. The van der Waals surface area contributed by atoms with Gasteiger partial charge in [-0.05, 0) is 48.4 Å². The summed E-state index contributed by atoms with van der Waals surface area (Å²) in [5.41, 5.74) is 2.13. The lowest BCUT2D eigenvalue weighted by Crippen LogP contribution is -2.27. The van der Waals surface area contributed by atoms with Crippen LogP contribution in [0.1, 0.15) is 11.3 Å². The van der Waals surface area contributed by atoms with Crippen molar-refractivity contribution in [1.82, 2.24) is 10.3 Å². The van der Waals surface area contributed by atoms with E-state index in [9.17, 15) is 18.0 Å². The maximum Gasteiger partial charge on any atom is 0.573 e. The molecule has 1 amide bonds. The Morgan fingerprint density at radius 1 is 1.06 bits per heavy atom. The zero-order valence-corrected chi connectivity index (χ0v) is 18.7. The van der Waals surface area contributed by atoms with Gasteiger partial charge in [0.15, 0.2) is 16.6 Å². The van der Waals surface area contributed by atoms with Gasteiger partial charge in [0.25, 0.3) is 0 Å². The Kier molecular flexibility index (Phi) is 7.99. The lowest BCUT2D eigenvalue weighted by Gasteiger charge is -2.10. The second-order valence-corrected chi connectivity index (χ2v) is 7.67. The fourth-order valence-corrected chi connectivity index (χ4v) is 3.65. The Bertz CT molecular complexity index is 1070. The van der Waals surface area contributed by atoms with Gasteiger partial charge in [-0.3, -0.25) is 4.79 Å². The number of hydrogen-bond acceptors (Lipinski definition) is 7. The number of halogens is 3. The van der Waals surface area contributed by atoms with Crippen molar-refractivity contribution in [2.75, 3.05) is 26.1 Å². The minimum atomic E-state index is -4.73. The minimum absolute atomic E-state index is 0.114. The highest BCUT2D eigenvalue weighted by atomic mass is 32.1. The highest BCUT2D eigenvalue weighted by Gasteiger charge is 2.30. The van der Waals surface area contributed by atoms with Gasteiger partial charge in [-0.1, -0.05) is 6.07 Å². The molecule has 33 heavy (non-hydrogen) atoms. The first-order chi connectivity index (χ1) is 15.8. The normalized spacial score (nSPS) is 11.1. The highest BCUT2D eigenvalue weighted by molar-refractivity contribution is 7.13. The van der Waals surface area contributed by atoms with Gasteiger partial charge in [0, 0.05) is 17.6 Å². The van der Waals surface area contributed by atoms with E-state index in [0.717, 1.165) is 5.56 Å². The van der Waals surface area contributed by atoms with Gasteiger partial charge in [0.2, 0.25) is 5.91 Å². The molecule has 3 rings (SSSR count). The van der Waals surface area contributed by atoms with Gasteiger partial charge in [-0.15, -0.1) is 24.5 Å². The van der Waals surface area contributed by atoms with Crippen LogP contribution < -0.4 is 24.8 Å². The van der Waals surface area contributed by atoms with Crippen molar-refractivity contribution in [2.24, 2.45) is 0 Å². The van der Waals surface area contributed by atoms with Crippen LogP contribution in [-0.4, -0.2) is 38.0 Å². The van der Waals surface area contributed by atoms with Crippen molar-refractivity contribution in [3.8, 4) is 17.2 Å². The quantitative estimate of drug-likeness (QED) is 0.437. The smallest absolute Gasteiger partial charge is 0.493 e. The number of nitrogens with one attached hydrogen (secondary N) is 2. The van der Waals surface area contributed by atoms with Gasteiger partial charge < -0.3 is 24.8 Å². The van der Waals surface area contributed by atoms with Gasteiger partial charge in [0.05, 0.1) is 26.3 Å². The summed E-state index contributed by atoms with van der Waals surface area (Å²) in [5.74, 6) is 0.800. The number of thiazole rings is 1. The van der Waals surface area contributed by atoms with E-state index in [-0.39, 0.29) is 18.1 Å². The Labute approximate surface area is 192 Å². The monoisotopic (exact) mass is 481 g/mol. The maximum atomic E-state index is 12.2. The van der Waals surface area contributed by atoms with E-state index >= 15 is 0 Å². The molecule has 0 bridgehead atoms. The highest BCUT2D eigenvalue weighted by Crippen LogP contribution is 2.28. The SMILES string of the molecule is COc1ccc(CCNC(=O)Cc2csc(Nc3ccc(OC(F)(F)F)cc3)n2)cc1OC. The van der Waals surface area contributed by atoms with Gasteiger partial charge >= 0.3 is 6.36 Å². The van der Waals surface area contributed by atoms with Gasteiger partial charge in [-0.25, -0.2) is 4.98 Å². The summed E-state index contributed by atoms with van der Waals surface area (Å²) in [7, 11) is 3.14. The summed E-state index contributed by atoms with van der Waals surface area (Å²) in [6, 6.07) is 10.9. The van der Waals surface area contributed by atoms with Crippen LogP contribution in [-0.2, 0) is 17.6 Å². The Balaban J connectivity index is 1.46. The molecule has 11 heteroatoms. The van der Waals surface area contributed by atoms with Crippen molar-refractivity contribution in [1.29, 1.82) is 0 Å². The zero-order chi connectivity index (χ0) is 23.8. The van der Waals surface area contributed by atoms with E-state index in [4.69, 9.17) is 9.47 Å². The summed E-state index contributed by atoms with van der Waals surface area (Å²) in [4.78, 5) is 16.6. The molecule has 0 aliphatic rings. The number of carbonyl (C=O) groups is 1. The second-order valence-electron chi connectivity index (χ2n) is 6.81. The van der Waals surface area contributed by atoms with Crippen LogP contribution in [0.5, 0.6) is 17.2 Å². The third-order valence-electron chi connectivity index (χ3n) is 4.42. The van der Waals surface area contributed by atoms with Crippen LogP contribution in [0.3, 0.4) is 0 Å². The molecule has 2 aromatic carbocycles. The van der Waals surface area contributed by atoms with E-state index in [1.807, 2.05) is 18.2 Å². The largest absolute Gasteiger partial charge is 0.573 e. The Morgan fingerprint density at radius 2 is 1.79 bits per heavy atom. The summed E-state index contributed by atoms with van der Waals surface area (Å²) in [6.45, 7) is 0.454. The number of hydrogen-bond donors (Lipinski definition) is 2. The van der Waals surface area contributed by atoms with Crippen molar-refractivity contribution < 1.29 is 32.2 Å². The average molecular weight is 481 g/mol. The van der Waals surface area contributed by atoms with Gasteiger partial charge in [-0.2, -0.15) is 0 Å². The predicted octanol–water partition coefficient (Wildman–Crippen LogP) is 4.70. The topological polar surface area (TPSA) is 81.7 Å². The van der Waals surface area contributed by atoms with Crippen LogP contribution in [0.25, 0.3) is 0 Å². The number of rotatable bonds is 10. The van der Waals surface area contributed by atoms with E-state index in [1.165, 1.54) is 35.6 Å². The molecule has 0 fully saturated rings. The third kappa shape index (κ3) is 7.56. The fraction of sp³-hybridized carbons (Fsp3) is 0.273. The molecule has 0 atom stereocenters. The van der Waals surface area contributed by atoms with Crippen molar-refractivity contribution >= 4 is 28.1 Å². The lowest BCUT2D eigenvalue weighted by atomic mass is 10.1. The molecule has 3 aromatic rings. The number of methoxy groups -OCH3 is 2. The molecular formula is C22H22F3N3O4S. The van der Waals surface area contributed by atoms with E-state index in [0.29, 0.717) is 41.0 Å². The molecular weight excluding hydrogens is 459 g/mol. The van der Waals surface area contributed by atoms with Crippen molar-refractivity contribution in [2.45, 2.75) is 19.2 Å². The summed E-state index contributed by atoms with van der Waals surface area (Å²) < 4.78 is 51.0. The number of ether oxygens (including phenoxy) is 3. The first-order valence-corrected chi connectivity index (χ1v) is 10.7. The minimum Gasteiger partial charge on any atom is -0.493 e. The molecule has 0 aliphatic heterocycles. The number of aromatic nitrogens is 1. The molecule has 2 N–H and O–H groups in total. The summed E-state index contributed by atoms with van der Waals surface area (Å²) in [6.07, 6.45) is -3.99. The molecule has 0 spiro atoms. The third-order valence-corrected chi connectivity index (χ3v) is 5.22. The van der Waals surface area contributed by atoms with E-state index in [1.54, 1.807) is 19.6 Å². The van der Waals surface area contributed by atoms with Crippen LogP contribution in [0.4, 0.5) is 24.0 Å². The summed E-state index contributed by atoms with van der Waals surface area (Å²) >= 11 is 1.29. The Hall–Kier alpha value is -3.47. The fourth-order valence-electron chi connectivity index (χ4n) is 2.92. The van der Waals surface area contributed by atoms with Crippen LogP contribution in [0.15, 0.2) is 47.8 Å². The molecule has 0 aliphatic carbocycles. The number of benzene rings is 2. The van der Waals surface area contributed by atoms with Crippen LogP contribution >= 0.6 is 11.3 Å². The number of alkyl halides is 3.